The molecule has 29 heavy (non-hydrogen) atoms. The largest absolute Gasteiger partial charge is 0.481 e. The van der Waals surface area contributed by atoms with Gasteiger partial charge in [0.25, 0.3) is 5.91 Å². The Hall–Kier alpha value is -2.80. The molecule has 1 aliphatic rings. The van der Waals surface area contributed by atoms with Crippen molar-refractivity contribution in [2.24, 2.45) is 5.92 Å². The second-order valence-electron chi connectivity index (χ2n) is 7.12. The van der Waals surface area contributed by atoms with E-state index in [1.54, 1.807) is 43.6 Å². The van der Waals surface area contributed by atoms with E-state index >= 15 is 0 Å². The topological polar surface area (TPSA) is 91.8 Å². The summed E-state index contributed by atoms with van der Waals surface area (Å²) >= 11 is 5.91. The summed E-state index contributed by atoms with van der Waals surface area (Å²) < 4.78 is 5.12. The van der Waals surface area contributed by atoms with Gasteiger partial charge in [0.1, 0.15) is 0 Å². The fourth-order valence-corrected chi connectivity index (χ4v) is 3.66. The molecule has 1 aliphatic heterocycles. The van der Waals surface area contributed by atoms with Gasteiger partial charge in [0.05, 0.1) is 13.2 Å². The molecule has 0 bridgehead atoms. The van der Waals surface area contributed by atoms with Gasteiger partial charge >= 0.3 is 6.09 Å². The Labute approximate surface area is 174 Å². The molecule has 154 valence electrons. The molecule has 0 radical (unpaired) electrons. The van der Waals surface area contributed by atoms with Crippen molar-refractivity contribution in [3.05, 3.63) is 58.7 Å². The highest BCUT2D eigenvalue weighted by molar-refractivity contribution is 6.30. The summed E-state index contributed by atoms with van der Waals surface area (Å²) in [5, 5.41) is 12.8. The summed E-state index contributed by atoms with van der Waals surface area (Å²) in [6, 6.07) is 10.2. The predicted octanol–water partition coefficient (Wildman–Crippen LogP) is 3.99. The summed E-state index contributed by atoms with van der Waals surface area (Å²) in [4.78, 5) is 29.6. The van der Waals surface area contributed by atoms with Gasteiger partial charge in [0, 0.05) is 35.9 Å². The van der Waals surface area contributed by atoms with Crippen molar-refractivity contribution >= 4 is 23.6 Å². The van der Waals surface area contributed by atoms with Crippen molar-refractivity contribution in [3.63, 3.8) is 0 Å². The third-order valence-electron chi connectivity index (χ3n) is 5.24. The lowest BCUT2D eigenvalue weighted by Gasteiger charge is -2.32. The van der Waals surface area contributed by atoms with E-state index in [4.69, 9.17) is 21.4 Å². The highest BCUT2D eigenvalue weighted by Gasteiger charge is 2.26. The zero-order valence-electron chi connectivity index (χ0n) is 16.2. The average Bonchev–Trinajstić information content (AvgIpc) is 2.74. The van der Waals surface area contributed by atoms with Crippen LogP contribution in [0.25, 0.3) is 0 Å². The van der Waals surface area contributed by atoms with Gasteiger partial charge in [-0.1, -0.05) is 17.7 Å². The second-order valence-corrected chi connectivity index (χ2v) is 7.55. The molecule has 2 amide bonds. The summed E-state index contributed by atoms with van der Waals surface area (Å²) in [5.41, 5.74) is 1.41. The SMILES string of the molecule is COc1ccc([C@H](CC2CCN(C(=O)O)CC2)NC(=O)c2ccc(Cl)cc2)cn1. The summed E-state index contributed by atoms with van der Waals surface area (Å²) in [6.45, 7) is 1.03. The van der Waals surface area contributed by atoms with Crippen LogP contribution in [0.3, 0.4) is 0 Å². The van der Waals surface area contributed by atoms with Crippen molar-refractivity contribution in [3.8, 4) is 5.88 Å². The molecule has 0 spiro atoms. The molecule has 0 aliphatic carbocycles. The number of carbonyl (C=O) groups is 2. The molecule has 0 saturated carbocycles. The normalized spacial score (nSPS) is 15.6. The first-order valence-electron chi connectivity index (χ1n) is 9.50. The van der Waals surface area contributed by atoms with E-state index in [1.165, 1.54) is 4.90 Å². The smallest absolute Gasteiger partial charge is 0.407 e. The summed E-state index contributed by atoms with van der Waals surface area (Å²) in [7, 11) is 1.55. The Morgan fingerprint density at radius 2 is 1.93 bits per heavy atom. The van der Waals surface area contributed by atoms with Crippen molar-refractivity contribution in [2.45, 2.75) is 25.3 Å². The molecular formula is C21H24ClN3O4. The fourth-order valence-electron chi connectivity index (χ4n) is 3.53. The van der Waals surface area contributed by atoms with E-state index in [2.05, 4.69) is 10.3 Å². The molecule has 7 nitrogen and oxygen atoms in total. The zero-order chi connectivity index (χ0) is 20.8. The summed E-state index contributed by atoms with van der Waals surface area (Å²) in [5.74, 6) is 0.625. The van der Waals surface area contributed by atoms with Crippen LogP contribution in [-0.4, -0.2) is 47.2 Å². The maximum Gasteiger partial charge on any atom is 0.407 e. The zero-order valence-corrected chi connectivity index (χ0v) is 16.9. The number of hydrogen-bond donors (Lipinski definition) is 2. The number of amides is 2. The number of piperidine rings is 1. The number of methoxy groups -OCH3 is 1. The third-order valence-corrected chi connectivity index (χ3v) is 5.49. The maximum absolute atomic E-state index is 12.8. The number of benzene rings is 1. The van der Waals surface area contributed by atoms with Gasteiger partial charge in [-0.2, -0.15) is 0 Å². The van der Waals surface area contributed by atoms with Gasteiger partial charge in [0.15, 0.2) is 0 Å². The maximum atomic E-state index is 12.8. The molecule has 2 N–H and O–H groups in total. The van der Waals surface area contributed by atoms with E-state index in [9.17, 15) is 9.59 Å². The Morgan fingerprint density at radius 3 is 2.48 bits per heavy atom. The average molecular weight is 418 g/mol. The van der Waals surface area contributed by atoms with Crippen LogP contribution in [0, 0.1) is 5.92 Å². The Balaban J connectivity index is 1.73. The Kier molecular flexibility index (Phi) is 6.93. The van der Waals surface area contributed by atoms with Crippen LogP contribution in [-0.2, 0) is 0 Å². The number of halogens is 1. The first-order valence-corrected chi connectivity index (χ1v) is 9.88. The Morgan fingerprint density at radius 1 is 1.24 bits per heavy atom. The number of ether oxygens (including phenoxy) is 1. The van der Waals surface area contributed by atoms with Crippen molar-refractivity contribution < 1.29 is 19.4 Å². The highest BCUT2D eigenvalue weighted by atomic mass is 35.5. The van der Waals surface area contributed by atoms with Crippen LogP contribution in [0.15, 0.2) is 42.6 Å². The van der Waals surface area contributed by atoms with Crippen molar-refractivity contribution in [1.82, 2.24) is 15.2 Å². The van der Waals surface area contributed by atoms with Gasteiger partial charge in [-0.05, 0) is 55.0 Å². The van der Waals surface area contributed by atoms with E-state index in [0.717, 1.165) is 18.4 Å². The van der Waals surface area contributed by atoms with Crippen LogP contribution in [0.4, 0.5) is 4.79 Å². The third kappa shape index (κ3) is 5.60. The van der Waals surface area contributed by atoms with Crippen LogP contribution in [0.1, 0.15) is 41.2 Å². The monoisotopic (exact) mass is 417 g/mol. The van der Waals surface area contributed by atoms with Gasteiger partial charge in [-0.15, -0.1) is 0 Å². The number of rotatable bonds is 6. The summed E-state index contributed by atoms with van der Waals surface area (Å²) in [6.07, 6.45) is 3.07. The molecule has 0 unspecified atom stereocenters. The molecule has 8 heteroatoms. The number of carbonyl (C=O) groups excluding carboxylic acids is 1. The van der Waals surface area contributed by atoms with E-state index < -0.39 is 6.09 Å². The molecule has 2 heterocycles. The van der Waals surface area contributed by atoms with E-state index in [1.807, 2.05) is 6.07 Å². The number of likely N-dealkylation sites (tertiary alicyclic amines) is 1. The second kappa shape index (κ2) is 9.60. The minimum Gasteiger partial charge on any atom is -0.481 e. The molecule has 1 fully saturated rings. The lowest BCUT2D eigenvalue weighted by molar-refractivity contribution is 0.0922. The molecular weight excluding hydrogens is 394 g/mol. The fraction of sp³-hybridized carbons (Fsp3) is 0.381. The quantitative estimate of drug-likeness (QED) is 0.741. The lowest BCUT2D eigenvalue weighted by atomic mass is 9.88. The number of carboxylic acid groups (broad SMARTS) is 1. The highest BCUT2D eigenvalue weighted by Crippen LogP contribution is 2.29. The van der Waals surface area contributed by atoms with E-state index in [0.29, 0.717) is 41.9 Å². The number of pyridine rings is 1. The molecule has 1 atom stereocenters. The number of nitrogens with one attached hydrogen (secondary N) is 1. The molecule has 3 rings (SSSR count). The minimum absolute atomic E-state index is 0.189. The van der Waals surface area contributed by atoms with Crippen LogP contribution < -0.4 is 10.1 Å². The minimum atomic E-state index is -0.879. The molecule has 1 aromatic heterocycles. The van der Waals surface area contributed by atoms with Crippen LogP contribution >= 0.6 is 11.6 Å². The van der Waals surface area contributed by atoms with Crippen LogP contribution in [0.5, 0.6) is 5.88 Å². The molecule has 1 saturated heterocycles. The first-order chi connectivity index (χ1) is 14.0. The van der Waals surface area contributed by atoms with Gasteiger partial charge in [0.2, 0.25) is 5.88 Å². The lowest BCUT2D eigenvalue weighted by Crippen LogP contribution is -2.39. The molecule has 1 aromatic carbocycles. The van der Waals surface area contributed by atoms with Crippen molar-refractivity contribution in [1.29, 1.82) is 0 Å². The number of aromatic nitrogens is 1. The predicted molar refractivity (Wildman–Crippen MR) is 109 cm³/mol. The van der Waals surface area contributed by atoms with Crippen molar-refractivity contribution in [2.75, 3.05) is 20.2 Å². The molecule has 2 aromatic rings. The van der Waals surface area contributed by atoms with Gasteiger partial charge in [-0.3, -0.25) is 4.79 Å². The van der Waals surface area contributed by atoms with Gasteiger partial charge in [-0.25, -0.2) is 9.78 Å². The number of nitrogens with zero attached hydrogens (tertiary/aromatic N) is 2. The number of hydrogen-bond acceptors (Lipinski definition) is 4. The van der Waals surface area contributed by atoms with E-state index in [-0.39, 0.29) is 11.9 Å². The van der Waals surface area contributed by atoms with Gasteiger partial charge < -0.3 is 20.1 Å². The standard InChI is InChI=1S/C21H24ClN3O4/c1-29-19-7-4-16(13-23-19)18(12-14-8-10-25(11-9-14)21(27)28)24-20(26)15-2-5-17(22)6-3-15/h2-7,13-14,18H,8-12H2,1H3,(H,24,26)(H,27,28)/t18-/m0/s1. The van der Waals surface area contributed by atoms with Crippen LogP contribution in [0.2, 0.25) is 5.02 Å². The Bertz CT molecular complexity index is 834. The first kappa shape index (κ1) is 20.9.